The Morgan fingerprint density at radius 2 is 1.97 bits per heavy atom. The second-order valence-electron chi connectivity index (χ2n) is 8.18. The Labute approximate surface area is 231 Å². The first-order valence-corrected chi connectivity index (χ1v) is 13.4. The van der Waals surface area contributed by atoms with Crippen molar-refractivity contribution in [2.75, 3.05) is 31.9 Å². The molecule has 17 heteroatoms. The number of carbonyl (C=O) groups excluding carboxylic acids is 5. The molecular weight excluding hydrogens is 558 g/mol. The van der Waals surface area contributed by atoms with Crippen LogP contribution in [0, 0.1) is 0 Å². The number of carbonyl (C=O) groups is 5. The number of ether oxygens (including phenoxy) is 4. The van der Waals surface area contributed by atoms with E-state index in [4.69, 9.17) is 23.8 Å². The number of esters is 1. The van der Waals surface area contributed by atoms with Gasteiger partial charge in [-0.2, -0.15) is 0 Å². The molecule has 0 radical (unpaired) electrons. The first-order valence-electron chi connectivity index (χ1n) is 11.4. The minimum absolute atomic E-state index is 0.0429. The van der Waals surface area contributed by atoms with Crippen molar-refractivity contribution in [2.24, 2.45) is 5.16 Å². The fourth-order valence-electron chi connectivity index (χ4n) is 3.55. The molecule has 0 aliphatic carbocycles. The maximum Gasteiger partial charge on any atom is 0.511 e. The van der Waals surface area contributed by atoms with Crippen molar-refractivity contribution in [1.82, 2.24) is 15.2 Å². The average molecular weight is 586 g/mol. The highest BCUT2D eigenvalue weighted by atomic mass is 32.2. The molecule has 0 spiro atoms. The van der Waals surface area contributed by atoms with Crippen molar-refractivity contribution in [3.8, 4) is 0 Å². The molecule has 0 bridgehead atoms. The Kier molecular flexibility index (Phi) is 10.2. The molecule has 2 N–H and O–H groups in total. The number of amides is 3. The van der Waals surface area contributed by atoms with Crippen molar-refractivity contribution in [3.63, 3.8) is 0 Å². The molecule has 212 valence electrons. The van der Waals surface area contributed by atoms with Gasteiger partial charge in [-0.05, 0) is 19.4 Å². The van der Waals surface area contributed by atoms with E-state index in [0.29, 0.717) is 17.7 Å². The van der Waals surface area contributed by atoms with Gasteiger partial charge in [0.1, 0.15) is 29.9 Å². The predicted octanol–water partition coefficient (Wildman–Crippen LogP) is 0.813. The third-order valence-electron chi connectivity index (χ3n) is 5.04. The highest BCUT2D eigenvalue weighted by molar-refractivity contribution is 8.00. The summed E-state index contributed by atoms with van der Waals surface area (Å²) >= 11 is 2.37. The summed E-state index contributed by atoms with van der Waals surface area (Å²) in [7, 11) is 2.68. The highest BCUT2D eigenvalue weighted by Gasteiger charge is 2.55. The molecule has 0 unspecified atom stereocenters. The van der Waals surface area contributed by atoms with Crippen LogP contribution in [-0.2, 0) is 43.0 Å². The molecule has 1 aromatic heterocycles. The van der Waals surface area contributed by atoms with Gasteiger partial charge in [0.2, 0.25) is 12.7 Å². The number of nitrogens with zero attached hydrogens (tertiary/aromatic N) is 3. The van der Waals surface area contributed by atoms with Gasteiger partial charge in [-0.15, -0.1) is 23.1 Å². The number of thiazole rings is 1. The van der Waals surface area contributed by atoms with Gasteiger partial charge in [0.05, 0.1) is 12.7 Å². The van der Waals surface area contributed by atoms with Gasteiger partial charge in [0.15, 0.2) is 10.8 Å². The van der Waals surface area contributed by atoms with E-state index in [2.05, 4.69) is 20.8 Å². The van der Waals surface area contributed by atoms with Crippen LogP contribution >= 0.6 is 23.1 Å². The quantitative estimate of drug-likeness (QED) is 0.0880. The van der Waals surface area contributed by atoms with E-state index in [1.54, 1.807) is 13.8 Å². The number of fused-ring (bicyclic) bond motifs is 1. The van der Waals surface area contributed by atoms with Crippen molar-refractivity contribution < 1.29 is 47.8 Å². The molecule has 3 heterocycles. The fourth-order valence-corrected chi connectivity index (χ4v) is 5.53. The van der Waals surface area contributed by atoms with Crippen LogP contribution in [0.15, 0.2) is 21.8 Å². The number of hydrogen-bond donors (Lipinski definition) is 2. The number of oxime groups is 1. The van der Waals surface area contributed by atoms with Gasteiger partial charge in [-0.1, -0.05) is 5.16 Å². The number of rotatable bonds is 12. The molecule has 0 saturated carbocycles. The van der Waals surface area contributed by atoms with E-state index in [0.717, 1.165) is 11.3 Å². The summed E-state index contributed by atoms with van der Waals surface area (Å²) in [5, 5.41) is 9.77. The minimum atomic E-state index is -1.30. The molecule has 39 heavy (non-hydrogen) atoms. The van der Waals surface area contributed by atoms with Gasteiger partial charge in [0.25, 0.3) is 11.8 Å². The van der Waals surface area contributed by atoms with E-state index in [-0.39, 0.29) is 28.8 Å². The molecule has 3 atom stereocenters. The molecule has 1 aromatic rings. The summed E-state index contributed by atoms with van der Waals surface area (Å²) in [6.45, 7) is 4.64. The van der Waals surface area contributed by atoms with Crippen LogP contribution in [0.25, 0.3) is 0 Å². The van der Waals surface area contributed by atoms with E-state index < -0.39 is 47.7 Å². The maximum absolute atomic E-state index is 13.2. The first kappa shape index (κ1) is 29.9. The molecule has 2 aliphatic rings. The van der Waals surface area contributed by atoms with Crippen LogP contribution in [0.2, 0.25) is 0 Å². The number of nitrogens with one attached hydrogen (secondary N) is 2. The van der Waals surface area contributed by atoms with E-state index in [1.807, 2.05) is 0 Å². The van der Waals surface area contributed by atoms with Crippen LogP contribution in [0.1, 0.15) is 26.5 Å². The van der Waals surface area contributed by atoms with Gasteiger partial charge in [0, 0.05) is 25.2 Å². The van der Waals surface area contributed by atoms with Gasteiger partial charge < -0.3 is 34.4 Å². The van der Waals surface area contributed by atoms with Crippen LogP contribution in [0.5, 0.6) is 0 Å². The Morgan fingerprint density at radius 1 is 1.23 bits per heavy atom. The lowest BCUT2D eigenvalue weighted by Crippen LogP contribution is -2.71. The van der Waals surface area contributed by atoms with Gasteiger partial charge in [-0.25, -0.2) is 14.6 Å². The molecule has 3 amide bonds. The van der Waals surface area contributed by atoms with Crippen LogP contribution in [-0.4, -0.2) is 96.3 Å². The smallest absolute Gasteiger partial charge is 0.431 e. The molecule has 15 nitrogen and oxygen atoms in total. The topological polar surface area (TPSA) is 184 Å². The van der Waals surface area contributed by atoms with Crippen molar-refractivity contribution in [3.05, 3.63) is 22.3 Å². The number of hydrogen-bond acceptors (Lipinski definition) is 14. The highest BCUT2D eigenvalue weighted by Crippen LogP contribution is 2.41. The first-order chi connectivity index (χ1) is 18.6. The number of methoxy groups -OCH3 is 1. The summed E-state index contributed by atoms with van der Waals surface area (Å²) < 4.78 is 20.2. The van der Waals surface area contributed by atoms with E-state index >= 15 is 0 Å². The molecule has 1 saturated heterocycles. The van der Waals surface area contributed by atoms with Crippen molar-refractivity contribution >= 4 is 64.3 Å². The third kappa shape index (κ3) is 7.04. The van der Waals surface area contributed by atoms with Crippen LogP contribution in [0.4, 0.5) is 9.93 Å². The zero-order valence-corrected chi connectivity index (χ0v) is 23.3. The lowest BCUT2D eigenvalue weighted by atomic mass is 10.0. The van der Waals surface area contributed by atoms with E-state index in [1.165, 1.54) is 43.2 Å². The SMILES string of the molecule is COCC1=C(C(=O)O[C@@H](C)OC(=O)OC(C)C)N2C(=O)[C@@H](NC(=O)/C(=N\OC)c3csc(NC=O)n3)[C@H]2SC1. The third-order valence-corrected chi connectivity index (χ3v) is 7.15. The molecular formula is C22H27N5O10S2. The minimum Gasteiger partial charge on any atom is -0.431 e. The summed E-state index contributed by atoms with van der Waals surface area (Å²) in [4.78, 5) is 71.7. The lowest BCUT2D eigenvalue weighted by Gasteiger charge is -2.49. The van der Waals surface area contributed by atoms with Crippen molar-refractivity contribution in [1.29, 1.82) is 0 Å². The van der Waals surface area contributed by atoms with Gasteiger partial charge >= 0.3 is 12.1 Å². The standard InChI is InChI=1S/C22H27N5O10S2/c1-10(2)35-22(32)37-11(3)36-20(31)16-12(6-33-4)7-38-19-15(18(30)27(16)19)25-17(29)14(26-34-5)13-8-39-21(24-13)23-9-28/h8-11,15,19H,6-7H2,1-5H3,(H,25,29)(H,23,24,28)/b26-14-/t11-,15-,19-/m1/s1. The van der Waals surface area contributed by atoms with Crippen LogP contribution < -0.4 is 10.6 Å². The number of β-lactam (4-membered cyclic amide) rings is 1. The lowest BCUT2D eigenvalue weighted by molar-refractivity contribution is -0.169. The second kappa shape index (κ2) is 13.4. The largest absolute Gasteiger partial charge is 0.511 e. The summed E-state index contributed by atoms with van der Waals surface area (Å²) in [5.74, 6) is -1.93. The Hall–Kier alpha value is -3.70. The summed E-state index contributed by atoms with van der Waals surface area (Å²) in [5.41, 5.74) is 0.339. The fraction of sp³-hybridized carbons (Fsp3) is 0.500. The average Bonchev–Trinajstić information content (AvgIpc) is 3.33. The Balaban J connectivity index is 1.74. The van der Waals surface area contributed by atoms with Crippen molar-refractivity contribution in [2.45, 2.75) is 44.6 Å². The zero-order valence-electron chi connectivity index (χ0n) is 21.6. The molecule has 0 aromatic carbocycles. The predicted molar refractivity (Wildman–Crippen MR) is 138 cm³/mol. The number of thioether (sulfide) groups is 1. The molecule has 1 fully saturated rings. The van der Waals surface area contributed by atoms with E-state index in [9.17, 15) is 24.0 Å². The summed E-state index contributed by atoms with van der Waals surface area (Å²) in [6.07, 6.45) is -2.31. The Bertz CT molecular complexity index is 1180. The van der Waals surface area contributed by atoms with Crippen LogP contribution in [0.3, 0.4) is 0 Å². The number of aromatic nitrogens is 1. The monoisotopic (exact) mass is 585 g/mol. The second-order valence-corrected chi connectivity index (χ2v) is 10.1. The number of anilines is 1. The molecule has 2 aliphatic heterocycles. The summed E-state index contributed by atoms with van der Waals surface area (Å²) in [6, 6.07) is -1.00. The van der Waals surface area contributed by atoms with Gasteiger partial charge in [-0.3, -0.25) is 19.3 Å². The normalized spacial score (nSPS) is 19.5. The Morgan fingerprint density at radius 3 is 2.62 bits per heavy atom. The molecule has 3 rings (SSSR count). The maximum atomic E-state index is 13.2. The zero-order chi connectivity index (χ0) is 28.7.